The summed E-state index contributed by atoms with van der Waals surface area (Å²) in [7, 11) is -4.03. The van der Waals surface area contributed by atoms with Crippen molar-refractivity contribution in [1.29, 1.82) is 0 Å². The minimum absolute atomic E-state index is 0.0184. The van der Waals surface area contributed by atoms with Crippen LogP contribution in [0.15, 0.2) is 60.7 Å². The summed E-state index contributed by atoms with van der Waals surface area (Å²) in [4.78, 5) is 0. The summed E-state index contributed by atoms with van der Waals surface area (Å²) < 4.78 is 19.7. The van der Waals surface area contributed by atoms with Crippen molar-refractivity contribution >= 4 is 26.8 Å². The maximum absolute atomic E-state index is 7.22. The first-order chi connectivity index (χ1) is 17.0. The highest BCUT2D eigenvalue weighted by Crippen LogP contribution is 2.37. The molecule has 3 rings (SSSR count). The van der Waals surface area contributed by atoms with Crippen LogP contribution in [0.25, 0.3) is 0 Å². The summed E-state index contributed by atoms with van der Waals surface area (Å²) >= 11 is 0. The molecule has 1 aliphatic rings. The molecule has 2 aromatic carbocycles. The smallest absolute Gasteiger partial charge is 0.261 e. The Bertz CT molecular complexity index is 938. The van der Waals surface area contributed by atoms with Gasteiger partial charge in [0.2, 0.25) is 0 Å². The highest BCUT2D eigenvalue weighted by atomic mass is 28.4. The van der Waals surface area contributed by atoms with Crippen molar-refractivity contribution in [2.75, 3.05) is 13.2 Å². The first kappa shape index (κ1) is 28.9. The van der Waals surface area contributed by atoms with Crippen LogP contribution in [0.3, 0.4) is 0 Å². The van der Waals surface area contributed by atoms with Crippen molar-refractivity contribution in [3.05, 3.63) is 60.7 Å². The zero-order chi connectivity index (χ0) is 26.2. The number of benzene rings is 2. The Morgan fingerprint density at radius 3 is 2.00 bits per heavy atom. The molecule has 0 saturated carbocycles. The lowest BCUT2D eigenvalue weighted by atomic mass is 10.0. The van der Waals surface area contributed by atoms with Gasteiger partial charge in [-0.05, 0) is 34.7 Å². The van der Waals surface area contributed by atoms with Gasteiger partial charge in [-0.15, -0.1) is 11.5 Å². The van der Waals surface area contributed by atoms with Crippen molar-refractivity contribution in [3.63, 3.8) is 0 Å². The van der Waals surface area contributed by atoms with E-state index in [4.69, 9.17) is 13.9 Å². The first-order valence-electron chi connectivity index (χ1n) is 13.5. The third kappa shape index (κ3) is 7.66. The normalized spacial score (nSPS) is 18.7. The van der Waals surface area contributed by atoms with Gasteiger partial charge in [-0.2, -0.15) is 0 Å². The molecule has 3 atom stereocenters. The minimum atomic E-state index is -2.59. The van der Waals surface area contributed by atoms with Crippen molar-refractivity contribution in [2.45, 2.75) is 90.5 Å². The lowest BCUT2D eigenvalue weighted by molar-refractivity contribution is -0.197. The zero-order valence-corrected chi connectivity index (χ0v) is 25.5. The fourth-order valence-corrected chi connectivity index (χ4v) is 10.2. The molecule has 1 aliphatic heterocycles. The molecule has 1 fully saturated rings. The summed E-state index contributed by atoms with van der Waals surface area (Å²) in [6, 6.07) is 21.7. The lowest BCUT2D eigenvalue weighted by Gasteiger charge is -2.44. The van der Waals surface area contributed by atoms with Crippen LogP contribution >= 0.6 is 0 Å². The van der Waals surface area contributed by atoms with E-state index in [2.05, 4.69) is 119 Å². The molecule has 36 heavy (non-hydrogen) atoms. The summed E-state index contributed by atoms with van der Waals surface area (Å²) in [5.74, 6) is 3.66. The van der Waals surface area contributed by atoms with E-state index < -0.39 is 16.4 Å². The highest BCUT2D eigenvalue weighted by molar-refractivity contribution is 6.99. The molecule has 0 aromatic heterocycles. The van der Waals surface area contributed by atoms with Gasteiger partial charge in [-0.1, -0.05) is 108 Å². The van der Waals surface area contributed by atoms with Crippen molar-refractivity contribution < 1.29 is 13.9 Å². The van der Waals surface area contributed by atoms with Crippen LogP contribution < -0.4 is 10.4 Å². The van der Waals surface area contributed by atoms with Gasteiger partial charge in [-0.25, -0.2) is 0 Å². The molecule has 0 aliphatic carbocycles. The van der Waals surface area contributed by atoms with Crippen LogP contribution in [0.5, 0.6) is 0 Å². The molecule has 1 heterocycles. The van der Waals surface area contributed by atoms with E-state index in [0.717, 1.165) is 32.3 Å². The standard InChI is InChI=1S/C31H46O3Si2/c1-26(29(21-16-24-35(5,6)7)34-30-22-14-15-23-32-30)25-33-36(31(2,3)4,27-17-10-8-11-18-27)28-19-12-9-13-20-28/h8-13,17-20,26,29-30H,14-15,21-23,25H2,1-7H3/t26-,29-,30?/m0/s1. The van der Waals surface area contributed by atoms with Gasteiger partial charge in [0.1, 0.15) is 8.07 Å². The number of ether oxygens (including phenoxy) is 2. The van der Waals surface area contributed by atoms with Crippen LogP contribution in [0.1, 0.15) is 53.4 Å². The maximum atomic E-state index is 7.22. The van der Waals surface area contributed by atoms with Gasteiger partial charge in [0.05, 0.1) is 6.10 Å². The topological polar surface area (TPSA) is 27.7 Å². The van der Waals surface area contributed by atoms with Gasteiger partial charge in [0.25, 0.3) is 8.32 Å². The SMILES string of the molecule is C[C@@H](CO[Si](c1ccccc1)(c1ccccc1)C(C)(C)C)[C@H](CC#C[Si](C)(C)C)OC1CCCCO1. The molecule has 1 unspecified atom stereocenters. The quantitative estimate of drug-likeness (QED) is 0.282. The average Bonchev–Trinajstić information content (AvgIpc) is 2.84. The van der Waals surface area contributed by atoms with Gasteiger partial charge >= 0.3 is 0 Å². The van der Waals surface area contributed by atoms with Crippen LogP contribution in [0.4, 0.5) is 0 Å². The van der Waals surface area contributed by atoms with Gasteiger partial charge in [0.15, 0.2) is 6.29 Å². The Balaban J connectivity index is 1.90. The van der Waals surface area contributed by atoms with E-state index in [1.165, 1.54) is 10.4 Å². The summed E-state index contributed by atoms with van der Waals surface area (Å²) in [5, 5.41) is 2.57. The predicted molar refractivity (Wildman–Crippen MR) is 157 cm³/mol. The van der Waals surface area contributed by atoms with Crippen LogP contribution in [0, 0.1) is 17.4 Å². The molecule has 0 amide bonds. The third-order valence-electron chi connectivity index (χ3n) is 6.85. The molecular weight excluding hydrogens is 477 g/mol. The van der Waals surface area contributed by atoms with Crippen molar-refractivity contribution in [1.82, 2.24) is 0 Å². The molecule has 5 heteroatoms. The van der Waals surface area contributed by atoms with Crippen LogP contribution in [-0.2, 0) is 13.9 Å². The van der Waals surface area contributed by atoms with E-state index >= 15 is 0 Å². The second-order valence-electron chi connectivity index (χ2n) is 12.2. The molecule has 1 saturated heterocycles. The molecule has 0 bridgehead atoms. The molecule has 0 radical (unpaired) electrons. The van der Waals surface area contributed by atoms with Crippen LogP contribution in [-0.4, -0.2) is 42.0 Å². The van der Waals surface area contributed by atoms with E-state index in [-0.39, 0.29) is 23.4 Å². The van der Waals surface area contributed by atoms with Gasteiger partial charge in [-0.3, -0.25) is 0 Å². The Morgan fingerprint density at radius 1 is 0.944 bits per heavy atom. The monoisotopic (exact) mass is 522 g/mol. The van der Waals surface area contributed by atoms with Crippen molar-refractivity contribution in [3.8, 4) is 11.5 Å². The van der Waals surface area contributed by atoms with Gasteiger partial charge in [0, 0.05) is 25.6 Å². The van der Waals surface area contributed by atoms with Gasteiger partial charge < -0.3 is 13.9 Å². The number of rotatable bonds is 9. The molecule has 2 aromatic rings. The minimum Gasteiger partial charge on any atom is -0.407 e. The molecule has 3 nitrogen and oxygen atoms in total. The zero-order valence-electron chi connectivity index (χ0n) is 23.5. The lowest BCUT2D eigenvalue weighted by Crippen LogP contribution is -2.67. The summed E-state index contributed by atoms with van der Waals surface area (Å²) in [5.41, 5.74) is 3.53. The molecular formula is C31H46O3Si2. The van der Waals surface area contributed by atoms with E-state index in [1.54, 1.807) is 0 Å². The summed E-state index contributed by atoms with van der Waals surface area (Å²) in [6.07, 6.45) is 3.80. The fraction of sp³-hybridized carbons (Fsp3) is 0.548. The van der Waals surface area contributed by atoms with E-state index in [9.17, 15) is 0 Å². The first-order valence-corrected chi connectivity index (χ1v) is 19.0. The molecule has 0 N–H and O–H groups in total. The number of hydrogen-bond acceptors (Lipinski definition) is 3. The fourth-order valence-electron chi connectivity index (χ4n) is 4.94. The van der Waals surface area contributed by atoms with E-state index in [1.807, 2.05) is 0 Å². The Morgan fingerprint density at radius 2 is 1.53 bits per heavy atom. The predicted octanol–water partition coefficient (Wildman–Crippen LogP) is 6.38. The highest BCUT2D eigenvalue weighted by Gasteiger charge is 2.50. The van der Waals surface area contributed by atoms with E-state index in [0.29, 0.717) is 6.61 Å². The second-order valence-corrected chi connectivity index (χ2v) is 21.2. The Labute approximate surface area is 222 Å². The number of hydrogen-bond donors (Lipinski definition) is 0. The largest absolute Gasteiger partial charge is 0.407 e. The molecule has 196 valence electrons. The Kier molecular flexibility index (Phi) is 10.2. The average molecular weight is 523 g/mol. The third-order valence-corrected chi connectivity index (χ3v) is 12.8. The summed E-state index contributed by atoms with van der Waals surface area (Å²) in [6.45, 7) is 17.5. The second kappa shape index (κ2) is 12.7. The van der Waals surface area contributed by atoms with Crippen LogP contribution in [0.2, 0.25) is 24.7 Å². The van der Waals surface area contributed by atoms with Crippen molar-refractivity contribution in [2.24, 2.45) is 5.92 Å². The molecule has 0 spiro atoms. The Hall–Kier alpha value is -1.69. The maximum Gasteiger partial charge on any atom is 0.261 e.